The largest absolute Gasteiger partial charge is 0.462 e. The van der Waals surface area contributed by atoms with E-state index >= 15 is 0 Å². The number of hydrogen-bond acceptors (Lipinski definition) is 6. The summed E-state index contributed by atoms with van der Waals surface area (Å²) in [5.74, 6) is -0.932. The van der Waals surface area contributed by atoms with E-state index in [9.17, 15) is 14.4 Å². The number of carbonyl (C=O) groups is 3. The molecular weight excluding hydrogens is 829 g/mol. The van der Waals surface area contributed by atoms with E-state index in [0.29, 0.717) is 19.3 Å². The molecule has 0 heterocycles. The summed E-state index contributed by atoms with van der Waals surface area (Å²) in [6, 6.07) is 0. The van der Waals surface area contributed by atoms with Gasteiger partial charge in [0.1, 0.15) is 13.2 Å². The monoisotopic (exact) mass is 933 g/mol. The zero-order valence-electron chi connectivity index (χ0n) is 43.9. The molecule has 0 saturated heterocycles. The lowest BCUT2D eigenvalue weighted by Crippen LogP contribution is -2.30. The molecule has 0 aliphatic heterocycles. The average Bonchev–Trinajstić information content (AvgIpc) is 3.33. The first-order valence-corrected chi connectivity index (χ1v) is 28.2. The topological polar surface area (TPSA) is 78.9 Å². The molecule has 0 amide bonds. The minimum atomic E-state index is -0.796. The molecule has 0 spiro atoms. The van der Waals surface area contributed by atoms with Crippen LogP contribution in [0.1, 0.15) is 265 Å². The van der Waals surface area contributed by atoms with Gasteiger partial charge in [-0.3, -0.25) is 14.4 Å². The SMILES string of the molecule is CCCCC\C=C/C=C\C=C/C=C\CCCCCCCC(=O)OCC(COC(=O)CCCCCCCC/C=C\C=C/CCCCC)OC(=O)CCCCCCC/C=C\CCCCCCCCC. The van der Waals surface area contributed by atoms with Crippen LogP contribution in [-0.4, -0.2) is 37.2 Å². The Morgan fingerprint density at radius 2 is 0.552 bits per heavy atom. The van der Waals surface area contributed by atoms with E-state index in [4.69, 9.17) is 14.2 Å². The third-order valence-corrected chi connectivity index (χ3v) is 12.0. The Balaban J connectivity index is 4.47. The number of unbranched alkanes of at least 4 members (excludes halogenated alkanes) is 29. The first-order chi connectivity index (χ1) is 33.0. The molecule has 1 atom stereocenters. The van der Waals surface area contributed by atoms with Crippen LogP contribution in [0.3, 0.4) is 0 Å². The Morgan fingerprint density at radius 1 is 0.299 bits per heavy atom. The molecule has 67 heavy (non-hydrogen) atoms. The second kappa shape index (κ2) is 55.2. The molecule has 0 saturated carbocycles. The minimum absolute atomic E-state index is 0.0940. The van der Waals surface area contributed by atoms with Gasteiger partial charge in [-0.05, 0) is 96.3 Å². The molecule has 0 radical (unpaired) electrons. The zero-order chi connectivity index (χ0) is 48.6. The van der Waals surface area contributed by atoms with Gasteiger partial charge in [-0.2, -0.15) is 0 Å². The fraction of sp³-hybridized carbons (Fsp3) is 0.721. The van der Waals surface area contributed by atoms with Crippen molar-refractivity contribution in [3.8, 4) is 0 Å². The van der Waals surface area contributed by atoms with Crippen LogP contribution in [0.15, 0.2) is 85.1 Å². The van der Waals surface area contributed by atoms with Crippen molar-refractivity contribution in [1.29, 1.82) is 0 Å². The lowest BCUT2D eigenvalue weighted by Gasteiger charge is -2.18. The zero-order valence-corrected chi connectivity index (χ0v) is 43.9. The van der Waals surface area contributed by atoms with E-state index in [0.717, 1.165) is 103 Å². The number of ether oxygens (including phenoxy) is 3. The van der Waals surface area contributed by atoms with Crippen molar-refractivity contribution in [2.45, 2.75) is 271 Å². The molecule has 0 aliphatic rings. The van der Waals surface area contributed by atoms with Gasteiger partial charge in [0.05, 0.1) is 0 Å². The van der Waals surface area contributed by atoms with Crippen LogP contribution in [0.2, 0.25) is 0 Å². The smallest absolute Gasteiger partial charge is 0.306 e. The fourth-order valence-electron chi connectivity index (χ4n) is 7.67. The van der Waals surface area contributed by atoms with E-state index in [1.54, 1.807) is 0 Å². The van der Waals surface area contributed by atoms with Crippen molar-refractivity contribution in [1.82, 2.24) is 0 Å². The lowest BCUT2D eigenvalue weighted by atomic mass is 10.1. The second-order valence-electron chi connectivity index (χ2n) is 18.6. The summed E-state index contributed by atoms with van der Waals surface area (Å²) < 4.78 is 16.8. The van der Waals surface area contributed by atoms with Gasteiger partial charge in [-0.1, -0.05) is 234 Å². The van der Waals surface area contributed by atoms with E-state index in [2.05, 4.69) is 106 Å². The first-order valence-electron chi connectivity index (χ1n) is 28.2. The molecule has 6 heteroatoms. The summed E-state index contributed by atoms with van der Waals surface area (Å²) in [7, 11) is 0. The van der Waals surface area contributed by atoms with Gasteiger partial charge in [-0.25, -0.2) is 0 Å². The predicted octanol–water partition coefficient (Wildman–Crippen LogP) is 18.8. The molecule has 0 N–H and O–H groups in total. The van der Waals surface area contributed by atoms with Crippen LogP contribution in [0.5, 0.6) is 0 Å². The third kappa shape index (κ3) is 53.4. The second-order valence-corrected chi connectivity index (χ2v) is 18.6. The van der Waals surface area contributed by atoms with Crippen molar-refractivity contribution in [2.75, 3.05) is 13.2 Å². The maximum Gasteiger partial charge on any atom is 0.306 e. The third-order valence-electron chi connectivity index (χ3n) is 12.0. The Bertz CT molecular complexity index is 1300. The standard InChI is InChI=1S/C61H104O6/c1-4-7-10-13-16-19-22-25-28-30-31-34-36-39-42-45-48-51-54-60(63)66-57-58(56-65-59(62)53-50-47-44-41-38-35-32-27-24-21-18-15-12-9-6-3)67-61(64)55-52-49-46-43-40-37-33-29-26-23-20-17-14-11-8-5-2/h16,18-19,21-22,24-25,27-31,33-34,58H,4-15,17,20,23,26,32,35-57H2,1-3H3/b19-16-,21-18-,25-22-,27-24-,30-28-,33-29-,34-31-. The maximum absolute atomic E-state index is 12.8. The maximum atomic E-state index is 12.8. The van der Waals surface area contributed by atoms with E-state index < -0.39 is 6.10 Å². The quantitative estimate of drug-likeness (QED) is 0.0199. The van der Waals surface area contributed by atoms with Crippen LogP contribution in [-0.2, 0) is 28.6 Å². The molecule has 0 fully saturated rings. The molecular formula is C61H104O6. The van der Waals surface area contributed by atoms with Gasteiger partial charge in [-0.15, -0.1) is 0 Å². The van der Waals surface area contributed by atoms with Crippen LogP contribution >= 0.6 is 0 Å². The lowest BCUT2D eigenvalue weighted by molar-refractivity contribution is -0.167. The van der Waals surface area contributed by atoms with Gasteiger partial charge >= 0.3 is 17.9 Å². The Hall–Kier alpha value is -3.41. The molecule has 0 aromatic heterocycles. The fourth-order valence-corrected chi connectivity index (χ4v) is 7.67. The van der Waals surface area contributed by atoms with Crippen molar-refractivity contribution in [2.24, 2.45) is 0 Å². The number of carbonyl (C=O) groups excluding carboxylic acids is 3. The first kappa shape index (κ1) is 63.6. The van der Waals surface area contributed by atoms with Gasteiger partial charge in [0.25, 0.3) is 0 Å². The molecule has 6 nitrogen and oxygen atoms in total. The van der Waals surface area contributed by atoms with Gasteiger partial charge in [0, 0.05) is 19.3 Å². The van der Waals surface area contributed by atoms with Crippen LogP contribution < -0.4 is 0 Å². The van der Waals surface area contributed by atoms with Crippen molar-refractivity contribution >= 4 is 17.9 Å². The minimum Gasteiger partial charge on any atom is -0.462 e. The molecule has 0 rings (SSSR count). The highest BCUT2D eigenvalue weighted by atomic mass is 16.6. The Labute approximate surface area is 414 Å². The van der Waals surface area contributed by atoms with Gasteiger partial charge in [0.2, 0.25) is 0 Å². The molecule has 1 unspecified atom stereocenters. The van der Waals surface area contributed by atoms with Gasteiger partial charge in [0.15, 0.2) is 6.10 Å². The summed E-state index contributed by atoms with van der Waals surface area (Å²) in [4.78, 5) is 38.1. The summed E-state index contributed by atoms with van der Waals surface area (Å²) >= 11 is 0. The highest BCUT2D eigenvalue weighted by molar-refractivity contribution is 5.71. The normalized spacial score (nSPS) is 12.7. The molecule has 0 aromatic rings. The molecule has 0 aliphatic carbocycles. The van der Waals surface area contributed by atoms with E-state index in [-0.39, 0.29) is 31.1 Å². The number of hydrogen-bond donors (Lipinski definition) is 0. The number of esters is 3. The Morgan fingerprint density at radius 3 is 0.925 bits per heavy atom. The summed E-state index contributed by atoms with van der Waals surface area (Å²) in [6.07, 6.45) is 71.3. The highest BCUT2D eigenvalue weighted by Crippen LogP contribution is 2.14. The molecule has 384 valence electrons. The van der Waals surface area contributed by atoms with Crippen LogP contribution in [0.4, 0.5) is 0 Å². The highest BCUT2D eigenvalue weighted by Gasteiger charge is 2.19. The number of allylic oxidation sites excluding steroid dienone is 14. The van der Waals surface area contributed by atoms with Crippen molar-refractivity contribution in [3.05, 3.63) is 85.1 Å². The predicted molar refractivity (Wildman–Crippen MR) is 288 cm³/mol. The molecule has 0 aromatic carbocycles. The van der Waals surface area contributed by atoms with Crippen molar-refractivity contribution < 1.29 is 28.6 Å². The summed E-state index contributed by atoms with van der Waals surface area (Å²) in [5.41, 5.74) is 0. The van der Waals surface area contributed by atoms with Crippen LogP contribution in [0.25, 0.3) is 0 Å². The average molecular weight is 933 g/mol. The summed E-state index contributed by atoms with van der Waals surface area (Å²) in [6.45, 7) is 6.54. The van der Waals surface area contributed by atoms with E-state index in [1.165, 1.54) is 122 Å². The summed E-state index contributed by atoms with van der Waals surface area (Å²) in [5, 5.41) is 0. The number of rotatable bonds is 50. The van der Waals surface area contributed by atoms with Crippen molar-refractivity contribution in [3.63, 3.8) is 0 Å². The molecule has 0 bridgehead atoms. The van der Waals surface area contributed by atoms with Gasteiger partial charge < -0.3 is 14.2 Å². The van der Waals surface area contributed by atoms with Crippen LogP contribution in [0, 0.1) is 0 Å². The Kier molecular flexibility index (Phi) is 52.4. The van der Waals surface area contributed by atoms with E-state index in [1.807, 2.05) is 0 Å².